The van der Waals surface area contributed by atoms with E-state index in [-0.39, 0.29) is 16.4 Å². The van der Waals surface area contributed by atoms with Crippen LogP contribution in [0.5, 0.6) is 0 Å². The number of thiocarbonyl (C=S) groups is 1. The molecule has 0 saturated carbocycles. The molecule has 1 heterocycles. The predicted molar refractivity (Wildman–Crippen MR) is 103 cm³/mol. The molecule has 7 heteroatoms. The first kappa shape index (κ1) is 17.8. The summed E-state index contributed by atoms with van der Waals surface area (Å²) in [5.74, 6) is -1.88. The van der Waals surface area contributed by atoms with E-state index in [2.05, 4.69) is 5.32 Å². The number of amides is 2. The van der Waals surface area contributed by atoms with Crippen molar-refractivity contribution in [3.63, 3.8) is 0 Å². The van der Waals surface area contributed by atoms with E-state index in [9.17, 15) is 14.0 Å². The van der Waals surface area contributed by atoms with Crippen molar-refractivity contribution in [2.24, 2.45) is 0 Å². The Balaban J connectivity index is 1.99. The van der Waals surface area contributed by atoms with Crippen LogP contribution in [0.25, 0.3) is 6.08 Å². The number of anilines is 2. The van der Waals surface area contributed by atoms with Gasteiger partial charge in [-0.2, -0.15) is 0 Å². The highest BCUT2D eigenvalue weighted by atomic mass is 32.1. The molecule has 132 valence electrons. The standard InChI is InChI=1S/C19H16FN3O2S/c1-22(2)13-9-7-12(8-10-13)11-14-17(24)21-19(26)23(18(14)25)16-6-4-3-5-15(16)20/h3-11H,1-2H3,(H,21,24,26)/b14-11+. The minimum absolute atomic E-state index is 0.00337. The van der Waals surface area contributed by atoms with Gasteiger partial charge in [-0.3, -0.25) is 14.9 Å². The highest BCUT2D eigenvalue weighted by molar-refractivity contribution is 7.80. The molecule has 0 unspecified atom stereocenters. The summed E-state index contributed by atoms with van der Waals surface area (Å²) in [6, 6.07) is 13.1. The third-order valence-electron chi connectivity index (χ3n) is 3.92. The smallest absolute Gasteiger partial charge is 0.270 e. The quantitative estimate of drug-likeness (QED) is 0.514. The second kappa shape index (κ2) is 7.05. The van der Waals surface area contributed by atoms with Crippen molar-refractivity contribution >= 4 is 46.6 Å². The maximum absolute atomic E-state index is 14.1. The Labute approximate surface area is 155 Å². The van der Waals surface area contributed by atoms with Crippen LogP contribution < -0.4 is 15.1 Å². The Morgan fingerprint density at radius 1 is 1.08 bits per heavy atom. The van der Waals surface area contributed by atoms with E-state index in [0.29, 0.717) is 5.56 Å². The lowest BCUT2D eigenvalue weighted by Gasteiger charge is -2.29. The van der Waals surface area contributed by atoms with Gasteiger partial charge in [0, 0.05) is 19.8 Å². The summed E-state index contributed by atoms with van der Waals surface area (Å²) in [6.45, 7) is 0. The molecule has 3 rings (SSSR count). The molecule has 1 aliphatic heterocycles. The minimum Gasteiger partial charge on any atom is -0.378 e. The average molecular weight is 369 g/mol. The van der Waals surface area contributed by atoms with Gasteiger partial charge in [0.05, 0.1) is 5.69 Å². The van der Waals surface area contributed by atoms with Crippen LogP contribution in [0.3, 0.4) is 0 Å². The van der Waals surface area contributed by atoms with Gasteiger partial charge < -0.3 is 4.90 Å². The largest absolute Gasteiger partial charge is 0.378 e. The molecular formula is C19H16FN3O2S. The zero-order valence-electron chi connectivity index (χ0n) is 14.2. The molecule has 0 bridgehead atoms. The SMILES string of the molecule is CN(C)c1ccc(/C=C2\C(=O)NC(=S)N(c3ccccc3F)C2=O)cc1. The highest BCUT2D eigenvalue weighted by Crippen LogP contribution is 2.24. The van der Waals surface area contributed by atoms with Crippen LogP contribution in [0, 0.1) is 5.82 Å². The van der Waals surface area contributed by atoms with Crippen LogP contribution in [-0.4, -0.2) is 31.0 Å². The van der Waals surface area contributed by atoms with Gasteiger partial charge in [0.2, 0.25) is 0 Å². The normalized spacial score (nSPS) is 16.0. The number of hydrogen-bond donors (Lipinski definition) is 1. The lowest BCUT2D eigenvalue weighted by molar-refractivity contribution is -0.122. The summed E-state index contributed by atoms with van der Waals surface area (Å²) in [5.41, 5.74) is 1.55. The van der Waals surface area contributed by atoms with Gasteiger partial charge in [-0.15, -0.1) is 0 Å². The minimum atomic E-state index is -0.666. The van der Waals surface area contributed by atoms with E-state index in [0.717, 1.165) is 10.6 Å². The molecule has 0 aromatic heterocycles. The molecule has 2 aromatic carbocycles. The number of nitrogens with zero attached hydrogens (tertiary/aromatic N) is 2. The Morgan fingerprint density at radius 3 is 2.35 bits per heavy atom. The van der Waals surface area contributed by atoms with Crippen molar-refractivity contribution in [1.29, 1.82) is 0 Å². The fraction of sp³-hybridized carbons (Fsp3) is 0.105. The molecule has 0 aliphatic carbocycles. The predicted octanol–water partition coefficient (Wildman–Crippen LogP) is 2.72. The van der Waals surface area contributed by atoms with Gasteiger partial charge in [0.1, 0.15) is 11.4 Å². The van der Waals surface area contributed by atoms with Crippen molar-refractivity contribution in [1.82, 2.24) is 5.32 Å². The van der Waals surface area contributed by atoms with Crippen LogP contribution in [0.1, 0.15) is 5.56 Å². The van der Waals surface area contributed by atoms with E-state index in [1.807, 2.05) is 31.1 Å². The Bertz CT molecular complexity index is 923. The molecule has 1 aliphatic rings. The Kier molecular flexibility index (Phi) is 4.81. The highest BCUT2D eigenvalue weighted by Gasteiger charge is 2.35. The molecular weight excluding hydrogens is 353 g/mol. The fourth-order valence-corrected chi connectivity index (χ4v) is 2.82. The molecule has 1 saturated heterocycles. The summed E-state index contributed by atoms with van der Waals surface area (Å²) in [6.07, 6.45) is 1.47. The zero-order chi connectivity index (χ0) is 18.8. The summed E-state index contributed by atoms with van der Waals surface area (Å²) < 4.78 is 14.1. The van der Waals surface area contributed by atoms with Gasteiger partial charge in [-0.25, -0.2) is 9.29 Å². The maximum Gasteiger partial charge on any atom is 0.270 e. The second-order valence-corrected chi connectivity index (χ2v) is 6.28. The summed E-state index contributed by atoms with van der Waals surface area (Å²) in [7, 11) is 3.83. The van der Waals surface area contributed by atoms with Crippen LogP contribution in [-0.2, 0) is 9.59 Å². The molecule has 5 nitrogen and oxygen atoms in total. The number of hydrogen-bond acceptors (Lipinski definition) is 4. The van der Waals surface area contributed by atoms with Crippen LogP contribution in [0.2, 0.25) is 0 Å². The summed E-state index contributed by atoms with van der Waals surface area (Å²) in [4.78, 5) is 28.0. The molecule has 0 atom stereocenters. The number of halogens is 1. The van der Waals surface area contributed by atoms with Gasteiger partial charge in [0.15, 0.2) is 5.11 Å². The van der Waals surface area contributed by atoms with Crippen LogP contribution >= 0.6 is 12.2 Å². The molecule has 2 aromatic rings. The number of para-hydroxylation sites is 1. The number of carbonyl (C=O) groups is 2. The lowest BCUT2D eigenvalue weighted by Crippen LogP contribution is -2.54. The number of nitrogens with one attached hydrogen (secondary N) is 1. The lowest BCUT2D eigenvalue weighted by atomic mass is 10.1. The Morgan fingerprint density at radius 2 is 1.73 bits per heavy atom. The van der Waals surface area contributed by atoms with Crippen LogP contribution in [0.15, 0.2) is 54.1 Å². The van der Waals surface area contributed by atoms with E-state index < -0.39 is 17.6 Å². The van der Waals surface area contributed by atoms with Crippen molar-refractivity contribution in [3.8, 4) is 0 Å². The maximum atomic E-state index is 14.1. The first-order valence-electron chi connectivity index (χ1n) is 7.82. The average Bonchev–Trinajstić information content (AvgIpc) is 2.60. The third-order valence-corrected chi connectivity index (χ3v) is 4.20. The van der Waals surface area contributed by atoms with E-state index in [4.69, 9.17) is 12.2 Å². The zero-order valence-corrected chi connectivity index (χ0v) is 15.0. The fourth-order valence-electron chi connectivity index (χ4n) is 2.54. The Hall–Kier alpha value is -3.06. The van der Waals surface area contributed by atoms with Gasteiger partial charge in [-0.05, 0) is 48.1 Å². The van der Waals surface area contributed by atoms with Crippen molar-refractivity contribution in [3.05, 3.63) is 65.5 Å². The first-order valence-corrected chi connectivity index (χ1v) is 8.22. The van der Waals surface area contributed by atoms with E-state index >= 15 is 0 Å². The molecule has 2 amide bonds. The second-order valence-electron chi connectivity index (χ2n) is 5.90. The van der Waals surface area contributed by atoms with Crippen LogP contribution in [0.4, 0.5) is 15.8 Å². The number of rotatable bonds is 3. The monoisotopic (exact) mass is 369 g/mol. The summed E-state index contributed by atoms with van der Waals surface area (Å²) in [5, 5.41) is 2.29. The van der Waals surface area contributed by atoms with Crippen molar-refractivity contribution in [2.75, 3.05) is 23.9 Å². The first-order chi connectivity index (χ1) is 12.4. The molecule has 26 heavy (non-hydrogen) atoms. The number of benzene rings is 2. The van der Waals surface area contributed by atoms with Gasteiger partial charge in [0.25, 0.3) is 11.8 Å². The molecule has 0 spiro atoms. The van der Waals surface area contributed by atoms with Gasteiger partial charge in [-0.1, -0.05) is 24.3 Å². The van der Waals surface area contributed by atoms with E-state index in [1.54, 1.807) is 18.2 Å². The topological polar surface area (TPSA) is 52.7 Å². The van der Waals surface area contributed by atoms with Crippen molar-refractivity contribution < 1.29 is 14.0 Å². The van der Waals surface area contributed by atoms with Gasteiger partial charge >= 0.3 is 0 Å². The molecule has 0 radical (unpaired) electrons. The third kappa shape index (κ3) is 3.34. The van der Waals surface area contributed by atoms with E-state index in [1.165, 1.54) is 24.3 Å². The molecule has 1 N–H and O–H groups in total. The number of carbonyl (C=O) groups excluding carboxylic acids is 2. The summed E-state index contributed by atoms with van der Waals surface area (Å²) >= 11 is 5.06. The van der Waals surface area contributed by atoms with Crippen molar-refractivity contribution in [2.45, 2.75) is 0 Å². The molecule has 1 fully saturated rings.